The van der Waals surface area contributed by atoms with Crippen molar-refractivity contribution < 1.29 is 29.3 Å². The van der Waals surface area contributed by atoms with Crippen molar-refractivity contribution in [1.82, 2.24) is 30.2 Å². The lowest BCUT2D eigenvalue weighted by Crippen LogP contribution is -2.53. The van der Waals surface area contributed by atoms with Gasteiger partial charge in [-0.2, -0.15) is 0 Å². The number of carboxylic acids is 1. The zero-order valence-corrected chi connectivity index (χ0v) is 26.9. The third kappa shape index (κ3) is 5.85. The monoisotopic (exact) mass is 652 g/mol. The second kappa shape index (κ2) is 12.9. The van der Waals surface area contributed by atoms with E-state index in [0.717, 1.165) is 65.1 Å². The molecule has 3 heterocycles. The van der Waals surface area contributed by atoms with Crippen LogP contribution < -0.4 is 5.32 Å². The topological polar surface area (TPSA) is 174 Å². The number of fused-ring (bicyclic) bond motifs is 2. The molecule has 5 N–H and O–H groups in total. The van der Waals surface area contributed by atoms with Crippen molar-refractivity contribution in [3.05, 3.63) is 72.6 Å². The number of carbonyl (C=O) groups excluding carboxylic acids is 2. The van der Waals surface area contributed by atoms with Gasteiger partial charge in [-0.3, -0.25) is 9.59 Å². The highest BCUT2D eigenvalue weighted by molar-refractivity contribution is 5.86. The predicted octanol–water partition coefficient (Wildman–Crippen LogP) is 5.12. The van der Waals surface area contributed by atoms with Crippen molar-refractivity contribution in [2.24, 2.45) is 17.8 Å². The molecule has 0 radical (unpaired) electrons. The van der Waals surface area contributed by atoms with Crippen molar-refractivity contribution in [3.8, 4) is 33.6 Å². The summed E-state index contributed by atoms with van der Waals surface area (Å²) in [6.07, 6.45) is 6.25. The van der Waals surface area contributed by atoms with Gasteiger partial charge in [0, 0.05) is 12.5 Å². The maximum Gasteiger partial charge on any atom is 0.407 e. The second-order valence-electron chi connectivity index (χ2n) is 13.3. The molecule has 48 heavy (non-hydrogen) atoms. The molecule has 7 rings (SSSR count). The Morgan fingerprint density at radius 1 is 0.875 bits per heavy atom. The summed E-state index contributed by atoms with van der Waals surface area (Å²) >= 11 is 0. The molecule has 0 spiro atoms. The molecule has 1 saturated heterocycles. The van der Waals surface area contributed by atoms with E-state index in [1.165, 1.54) is 14.0 Å². The minimum Gasteiger partial charge on any atom is -0.481 e. The number of alkyl carbamates (subject to hydrolysis) is 1. The Bertz CT molecular complexity index is 1800. The number of H-pyrrole nitrogens is 2. The summed E-state index contributed by atoms with van der Waals surface area (Å²) in [5.74, 6) is 0.598. The molecule has 4 aromatic rings. The van der Waals surface area contributed by atoms with Crippen LogP contribution in [0.1, 0.15) is 62.6 Å². The number of carboxylic acid groups (broad SMARTS) is 1. The molecule has 2 aliphatic carbocycles. The van der Waals surface area contributed by atoms with Gasteiger partial charge in [0.15, 0.2) is 0 Å². The van der Waals surface area contributed by atoms with E-state index in [1.807, 2.05) is 18.3 Å². The fourth-order valence-corrected chi connectivity index (χ4v) is 8.10. The highest BCUT2D eigenvalue weighted by Gasteiger charge is 2.52. The maximum absolute atomic E-state index is 13.3. The molecule has 2 aromatic carbocycles. The van der Waals surface area contributed by atoms with Crippen molar-refractivity contribution in [3.63, 3.8) is 0 Å². The highest BCUT2D eigenvalue weighted by Crippen LogP contribution is 2.56. The molecule has 3 unspecified atom stereocenters. The first kappa shape index (κ1) is 31.6. The lowest BCUT2D eigenvalue weighted by atomic mass is 9.79. The largest absolute Gasteiger partial charge is 0.481 e. The normalized spacial score (nSPS) is 24.4. The number of nitrogens with one attached hydrogen (secondary N) is 3. The average molecular weight is 653 g/mol. The smallest absolute Gasteiger partial charge is 0.407 e. The zero-order chi connectivity index (χ0) is 33.5. The van der Waals surface area contributed by atoms with Crippen molar-refractivity contribution in [2.45, 2.75) is 63.1 Å². The molecular weight excluding hydrogens is 612 g/mol. The quantitative estimate of drug-likeness (QED) is 0.166. The van der Waals surface area contributed by atoms with E-state index in [9.17, 15) is 24.6 Å². The van der Waals surface area contributed by atoms with Crippen LogP contribution >= 0.6 is 0 Å². The first-order valence-corrected chi connectivity index (χ1v) is 16.6. The second-order valence-corrected chi connectivity index (χ2v) is 13.3. The van der Waals surface area contributed by atoms with Crippen LogP contribution in [0.5, 0.6) is 0 Å². The van der Waals surface area contributed by atoms with Gasteiger partial charge >= 0.3 is 12.1 Å². The third-order valence-electron chi connectivity index (χ3n) is 10.5. The highest BCUT2D eigenvalue weighted by atomic mass is 16.5. The van der Waals surface area contributed by atoms with E-state index in [2.05, 4.69) is 66.4 Å². The molecule has 12 heteroatoms. The van der Waals surface area contributed by atoms with Crippen molar-refractivity contribution >= 4 is 18.0 Å². The Labute approximate surface area is 278 Å². The van der Waals surface area contributed by atoms with Crippen LogP contribution in [0.25, 0.3) is 33.6 Å². The van der Waals surface area contributed by atoms with Gasteiger partial charge in [-0.1, -0.05) is 48.5 Å². The number of aliphatic hydroxyl groups excluding tert-OH is 1. The Morgan fingerprint density at radius 3 is 2.02 bits per heavy atom. The number of benzene rings is 2. The van der Waals surface area contributed by atoms with Gasteiger partial charge in [0.05, 0.1) is 49.0 Å². The maximum atomic E-state index is 13.3. The number of aromatic nitrogens is 4. The summed E-state index contributed by atoms with van der Waals surface area (Å²) in [5.41, 5.74) is 5.76. The number of nitrogens with zero attached hydrogens (tertiary/aromatic N) is 3. The number of aliphatic carboxylic acids is 1. The summed E-state index contributed by atoms with van der Waals surface area (Å²) in [6, 6.07) is 15.0. The number of carbonyl (C=O) groups is 3. The Kier molecular flexibility index (Phi) is 8.50. The van der Waals surface area contributed by atoms with E-state index in [4.69, 9.17) is 0 Å². The summed E-state index contributed by atoms with van der Waals surface area (Å²) in [5, 5.41) is 22.5. The van der Waals surface area contributed by atoms with Crippen LogP contribution in [0, 0.1) is 17.8 Å². The molecular formula is C36H40N6O6. The molecule has 12 nitrogen and oxygen atoms in total. The molecule has 2 aromatic heterocycles. The molecule has 2 bridgehead atoms. The molecule has 1 aliphatic heterocycles. The van der Waals surface area contributed by atoms with Gasteiger partial charge in [0.2, 0.25) is 5.91 Å². The average Bonchev–Trinajstić information content (AvgIpc) is 3.94. The molecule has 3 aliphatic rings. The lowest BCUT2D eigenvalue weighted by molar-refractivity contribution is -0.144. The molecule has 250 valence electrons. The molecule has 2 amide bonds. The number of hydrogen-bond donors (Lipinski definition) is 5. The van der Waals surface area contributed by atoms with Gasteiger partial charge in [-0.15, -0.1) is 0 Å². The number of methoxy groups -OCH3 is 1. The third-order valence-corrected chi connectivity index (χ3v) is 10.5. The minimum absolute atomic E-state index is 0.0453. The van der Waals surface area contributed by atoms with Crippen LogP contribution in [0.3, 0.4) is 0 Å². The Balaban J connectivity index is 1.02. The SMILES string of the molecule is COC(=O)N[C@H](C(=O)N1CCC[C@H]1c1ncc(-c2ccc(-c3ccc(-c4cnc(C5C6CCC(C6)[C@@H]5C(=O)O)[nH]4)cc3)cc2)[nH]1)[C@@H](C)O. The minimum atomic E-state index is -1.12. The van der Waals surface area contributed by atoms with E-state index in [1.54, 1.807) is 11.1 Å². The number of aromatic amines is 2. The lowest BCUT2D eigenvalue weighted by Gasteiger charge is -2.29. The van der Waals surface area contributed by atoms with Gasteiger partial charge in [-0.05, 0) is 73.1 Å². The summed E-state index contributed by atoms with van der Waals surface area (Å²) < 4.78 is 4.63. The zero-order valence-electron chi connectivity index (χ0n) is 26.9. The predicted molar refractivity (Wildman–Crippen MR) is 176 cm³/mol. The number of likely N-dealkylation sites (tertiary alicyclic amines) is 1. The van der Waals surface area contributed by atoms with E-state index in [-0.39, 0.29) is 29.7 Å². The summed E-state index contributed by atoms with van der Waals surface area (Å²) in [6.45, 7) is 1.95. The number of hydrogen-bond acceptors (Lipinski definition) is 7. The van der Waals surface area contributed by atoms with Crippen LogP contribution in [0.15, 0.2) is 60.9 Å². The molecule has 7 atom stereocenters. The summed E-state index contributed by atoms with van der Waals surface area (Å²) in [4.78, 5) is 54.8. The fraction of sp³-hybridized carbons (Fsp3) is 0.417. The van der Waals surface area contributed by atoms with Crippen LogP contribution in [-0.2, 0) is 14.3 Å². The fourth-order valence-electron chi connectivity index (χ4n) is 8.10. The first-order valence-electron chi connectivity index (χ1n) is 16.6. The number of rotatable bonds is 9. The Morgan fingerprint density at radius 2 is 1.44 bits per heavy atom. The van der Waals surface area contributed by atoms with E-state index in [0.29, 0.717) is 24.7 Å². The number of imidazole rings is 2. The number of ether oxygens (including phenoxy) is 1. The van der Waals surface area contributed by atoms with Gasteiger partial charge in [0.25, 0.3) is 0 Å². The van der Waals surface area contributed by atoms with Crippen molar-refractivity contribution in [2.75, 3.05) is 13.7 Å². The van der Waals surface area contributed by atoms with Crippen LogP contribution in [-0.4, -0.2) is 78.8 Å². The number of amides is 2. The molecule has 2 saturated carbocycles. The number of aliphatic hydroxyl groups is 1. The van der Waals surface area contributed by atoms with E-state index >= 15 is 0 Å². The molecule has 3 fully saturated rings. The van der Waals surface area contributed by atoms with Gasteiger partial charge in [-0.25, -0.2) is 14.8 Å². The van der Waals surface area contributed by atoms with Crippen LogP contribution in [0.2, 0.25) is 0 Å². The van der Waals surface area contributed by atoms with Gasteiger partial charge < -0.3 is 35.1 Å². The summed E-state index contributed by atoms with van der Waals surface area (Å²) in [7, 11) is 1.21. The van der Waals surface area contributed by atoms with Crippen molar-refractivity contribution in [1.29, 1.82) is 0 Å². The van der Waals surface area contributed by atoms with E-state index < -0.39 is 24.2 Å². The van der Waals surface area contributed by atoms with Gasteiger partial charge in [0.1, 0.15) is 17.7 Å². The standard InChI is InChI=1S/C36H40N6O6/c1-19(43)31(41-36(47)48-2)34(44)42-15-3-4-28(42)32-37-17-26(39-32)22-9-5-20(6-10-22)21-7-11-23(12-8-21)27-18-38-33(40-27)29-24-13-14-25(16-24)30(29)35(45)46/h5-12,17-19,24-25,28-31,43H,3-4,13-16H2,1-2H3,(H,37,39)(H,38,40)(H,41,47)(H,45,46)/t19-,24?,25?,28+,29?,30+,31+/m1/s1. The van der Waals surface area contributed by atoms with Crippen LogP contribution in [0.4, 0.5) is 4.79 Å². The first-order chi connectivity index (χ1) is 23.2. The Hall–Kier alpha value is -4.97.